The fourth-order valence-electron chi connectivity index (χ4n) is 4.56. The van der Waals surface area contributed by atoms with Crippen LogP contribution in [0.3, 0.4) is 0 Å². The number of carbonyl (C=O) groups excluding carboxylic acids is 2. The minimum Gasteiger partial charge on any atom is -0.330 e. The molecule has 1 fully saturated rings. The zero-order valence-corrected chi connectivity index (χ0v) is 19.9. The van der Waals surface area contributed by atoms with Crippen molar-refractivity contribution >= 4 is 17.5 Å². The van der Waals surface area contributed by atoms with Crippen LogP contribution in [0.1, 0.15) is 63.1 Å². The topological polar surface area (TPSA) is 123 Å². The molecule has 7 nitrogen and oxygen atoms in total. The minimum atomic E-state index is -0.281. The maximum Gasteiger partial charge on any atom is 0.255 e. The van der Waals surface area contributed by atoms with Gasteiger partial charge in [0.05, 0.1) is 23.3 Å². The summed E-state index contributed by atoms with van der Waals surface area (Å²) < 4.78 is 0. The van der Waals surface area contributed by atoms with Gasteiger partial charge < -0.3 is 16.0 Å². The number of nitriles is 2. The number of amides is 2. The van der Waals surface area contributed by atoms with Gasteiger partial charge in [0.15, 0.2) is 0 Å². The Hall–Kier alpha value is -4.46. The molecule has 2 unspecified atom stereocenters. The van der Waals surface area contributed by atoms with Crippen molar-refractivity contribution in [3.05, 3.63) is 101 Å². The number of anilines is 1. The number of benzene rings is 3. The number of carbonyl (C=O) groups is 2. The second-order valence-electron chi connectivity index (χ2n) is 8.98. The number of nitrogens with zero attached hydrogens (tertiary/aromatic N) is 3. The van der Waals surface area contributed by atoms with Crippen molar-refractivity contribution in [2.75, 3.05) is 5.32 Å². The zero-order valence-electron chi connectivity index (χ0n) is 19.9. The van der Waals surface area contributed by atoms with Crippen LogP contribution in [-0.2, 0) is 6.54 Å². The van der Waals surface area contributed by atoms with Gasteiger partial charge in [-0.1, -0.05) is 25.0 Å². The first-order valence-corrected chi connectivity index (χ1v) is 12.0. The summed E-state index contributed by atoms with van der Waals surface area (Å²) in [5.74, 6) is -0.412. The van der Waals surface area contributed by atoms with Crippen molar-refractivity contribution in [1.29, 1.82) is 10.5 Å². The van der Waals surface area contributed by atoms with Gasteiger partial charge in [0.1, 0.15) is 0 Å². The molecular weight excluding hydrogens is 450 g/mol. The minimum absolute atomic E-state index is 0.0983. The van der Waals surface area contributed by atoms with Gasteiger partial charge in [-0.15, -0.1) is 0 Å². The Kier molecular flexibility index (Phi) is 7.75. The molecule has 1 saturated carbocycles. The molecule has 0 radical (unpaired) electrons. The van der Waals surface area contributed by atoms with Gasteiger partial charge in [0, 0.05) is 35.4 Å². The third-order valence-corrected chi connectivity index (χ3v) is 6.52. The Morgan fingerprint density at radius 2 is 1.50 bits per heavy atom. The quantitative estimate of drug-likeness (QED) is 0.537. The summed E-state index contributed by atoms with van der Waals surface area (Å²) in [6.07, 6.45) is 3.75. The molecule has 2 atom stereocenters. The molecule has 1 aliphatic rings. The van der Waals surface area contributed by atoms with Crippen molar-refractivity contribution in [1.82, 2.24) is 4.90 Å². The van der Waals surface area contributed by atoms with E-state index in [2.05, 4.69) is 11.4 Å². The van der Waals surface area contributed by atoms with Crippen LogP contribution in [0, 0.1) is 22.7 Å². The maximum atomic E-state index is 13.6. The average molecular weight is 478 g/mol. The summed E-state index contributed by atoms with van der Waals surface area (Å²) in [4.78, 5) is 28.1. The highest BCUT2D eigenvalue weighted by Gasteiger charge is 2.31. The van der Waals surface area contributed by atoms with Gasteiger partial charge in [0.2, 0.25) is 0 Å². The van der Waals surface area contributed by atoms with Gasteiger partial charge in [-0.3, -0.25) is 9.59 Å². The van der Waals surface area contributed by atoms with Crippen LogP contribution in [0.4, 0.5) is 5.69 Å². The monoisotopic (exact) mass is 477 g/mol. The molecule has 1 aliphatic carbocycles. The van der Waals surface area contributed by atoms with E-state index in [0.717, 1.165) is 31.2 Å². The summed E-state index contributed by atoms with van der Waals surface area (Å²) in [7, 11) is 0. The molecule has 0 spiro atoms. The van der Waals surface area contributed by atoms with Gasteiger partial charge in [0.25, 0.3) is 11.8 Å². The fraction of sp³-hybridized carbons (Fsp3) is 0.241. The molecule has 4 rings (SSSR count). The predicted molar refractivity (Wildman–Crippen MR) is 137 cm³/mol. The second kappa shape index (κ2) is 11.3. The van der Waals surface area contributed by atoms with E-state index in [9.17, 15) is 9.59 Å². The molecule has 3 aromatic rings. The largest absolute Gasteiger partial charge is 0.330 e. The number of hydrogen-bond acceptors (Lipinski definition) is 5. The number of nitrogens with two attached hydrogens (primary N) is 1. The Balaban J connectivity index is 1.55. The lowest BCUT2D eigenvalue weighted by Gasteiger charge is -2.38. The summed E-state index contributed by atoms with van der Waals surface area (Å²) in [5, 5.41) is 20.9. The van der Waals surface area contributed by atoms with Crippen LogP contribution >= 0.6 is 0 Å². The smallest absolute Gasteiger partial charge is 0.255 e. The molecule has 180 valence electrons. The molecule has 0 bridgehead atoms. The predicted octanol–water partition coefficient (Wildman–Crippen LogP) is 4.59. The SMILES string of the molecule is N#Cc1ccc(C(=O)Nc2cccc(CN(C(=O)c3ccc(C#N)cc3)C3CCCCC3N)c2)cc1. The fourth-order valence-corrected chi connectivity index (χ4v) is 4.56. The Morgan fingerprint density at radius 1 is 0.889 bits per heavy atom. The first kappa shape index (κ1) is 24.7. The average Bonchev–Trinajstić information content (AvgIpc) is 2.92. The van der Waals surface area contributed by atoms with Gasteiger partial charge in [-0.2, -0.15) is 10.5 Å². The van der Waals surface area contributed by atoms with E-state index in [1.165, 1.54) is 0 Å². The number of rotatable bonds is 6. The van der Waals surface area contributed by atoms with Gasteiger partial charge in [-0.25, -0.2) is 0 Å². The van der Waals surface area contributed by atoms with Crippen molar-refractivity contribution in [2.45, 2.75) is 44.3 Å². The molecular formula is C29H27N5O2. The van der Waals surface area contributed by atoms with E-state index in [0.29, 0.717) is 34.5 Å². The van der Waals surface area contributed by atoms with Gasteiger partial charge >= 0.3 is 0 Å². The molecule has 36 heavy (non-hydrogen) atoms. The molecule has 0 aliphatic heterocycles. The van der Waals surface area contributed by atoms with E-state index in [1.807, 2.05) is 29.2 Å². The zero-order chi connectivity index (χ0) is 25.5. The molecule has 3 N–H and O–H groups in total. The highest BCUT2D eigenvalue weighted by atomic mass is 16.2. The van der Waals surface area contributed by atoms with Crippen molar-refractivity contribution < 1.29 is 9.59 Å². The molecule has 0 aromatic heterocycles. The Bertz CT molecular complexity index is 1320. The van der Waals surface area contributed by atoms with Crippen LogP contribution in [0.25, 0.3) is 0 Å². The van der Waals surface area contributed by atoms with E-state index >= 15 is 0 Å². The van der Waals surface area contributed by atoms with Crippen LogP contribution < -0.4 is 11.1 Å². The van der Waals surface area contributed by atoms with Crippen molar-refractivity contribution in [3.8, 4) is 12.1 Å². The summed E-state index contributed by atoms with van der Waals surface area (Å²) in [6, 6.07) is 24.4. The van der Waals surface area contributed by atoms with E-state index in [1.54, 1.807) is 54.6 Å². The first-order valence-electron chi connectivity index (χ1n) is 12.0. The third-order valence-electron chi connectivity index (χ3n) is 6.52. The lowest BCUT2D eigenvalue weighted by Crippen LogP contribution is -2.51. The lowest BCUT2D eigenvalue weighted by atomic mass is 9.89. The van der Waals surface area contributed by atoms with Crippen molar-refractivity contribution in [2.24, 2.45) is 5.73 Å². The number of hydrogen-bond donors (Lipinski definition) is 2. The van der Waals surface area contributed by atoms with E-state index in [-0.39, 0.29) is 23.9 Å². The Morgan fingerprint density at radius 3 is 2.11 bits per heavy atom. The van der Waals surface area contributed by atoms with Crippen LogP contribution in [-0.4, -0.2) is 28.8 Å². The van der Waals surface area contributed by atoms with Crippen molar-refractivity contribution in [3.63, 3.8) is 0 Å². The Labute approximate surface area is 210 Å². The molecule has 7 heteroatoms. The number of nitrogens with one attached hydrogen (secondary N) is 1. The maximum absolute atomic E-state index is 13.6. The summed E-state index contributed by atoms with van der Waals surface area (Å²) in [5.41, 5.74) is 9.89. The third kappa shape index (κ3) is 5.78. The van der Waals surface area contributed by atoms with Gasteiger partial charge in [-0.05, 0) is 79.1 Å². The molecule has 0 saturated heterocycles. The summed E-state index contributed by atoms with van der Waals surface area (Å²) in [6.45, 7) is 0.345. The highest BCUT2D eigenvalue weighted by Crippen LogP contribution is 2.26. The highest BCUT2D eigenvalue weighted by molar-refractivity contribution is 6.04. The van der Waals surface area contributed by atoms with E-state index in [4.69, 9.17) is 16.3 Å². The first-order chi connectivity index (χ1) is 17.5. The van der Waals surface area contributed by atoms with E-state index < -0.39 is 0 Å². The van der Waals surface area contributed by atoms with Crippen LogP contribution in [0.15, 0.2) is 72.8 Å². The molecule has 2 amide bonds. The van der Waals surface area contributed by atoms with Crippen LogP contribution in [0.2, 0.25) is 0 Å². The normalized spacial score (nSPS) is 16.9. The standard InChI is InChI=1S/C29H27N5O2/c30-17-20-8-12-23(13-9-20)28(35)33-25-5-3-4-22(16-25)19-34(27-7-2-1-6-26(27)32)29(36)24-14-10-21(18-31)11-15-24/h3-5,8-16,26-27H,1-2,6-7,19,32H2,(H,33,35). The second-order valence-corrected chi connectivity index (χ2v) is 8.98. The molecule has 0 heterocycles. The summed E-state index contributed by atoms with van der Waals surface area (Å²) >= 11 is 0. The van der Waals surface area contributed by atoms with Crippen LogP contribution in [0.5, 0.6) is 0 Å². The molecule has 3 aromatic carbocycles. The lowest BCUT2D eigenvalue weighted by molar-refractivity contribution is 0.0583.